The van der Waals surface area contributed by atoms with E-state index >= 15 is 0 Å². The fourth-order valence-electron chi connectivity index (χ4n) is 1.31. The number of aryl methyl sites for hydroxylation is 1. The molecule has 0 amide bonds. The van der Waals surface area contributed by atoms with Crippen molar-refractivity contribution in [2.75, 3.05) is 0 Å². The van der Waals surface area contributed by atoms with Crippen LogP contribution in [0.5, 0.6) is 5.75 Å². The van der Waals surface area contributed by atoms with Crippen LogP contribution in [-0.2, 0) is 11.2 Å². The summed E-state index contributed by atoms with van der Waals surface area (Å²) in [4.78, 5) is 10.5. The lowest BCUT2D eigenvalue weighted by atomic mass is 10.0. The number of aromatic hydroxyl groups is 1. The van der Waals surface area contributed by atoms with Crippen LogP contribution in [0.4, 0.5) is 8.78 Å². The summed E-state index contributed by atoms with van der Waals surface area (Å²) < 4.78 is 25.7. The molecule has 1 aromatic rings. The summed E-state index contributed by atoms with van der Waals surface area (Å²) >= 11 is 0. The van der Waals surface area contributed by atoms with Crippen LogP contribution in [0, 0.1) is 17.6 Å². The third-order valence-electron chi connectivity index (χ3n) is 2.38. The van der Waals surface area contributed by atoms with E-state index in [0.29, 0.717) is 6.07 Å². The normalized spacial score (nSPS) is 12.4. The van der Waals surface area contributed by atoms with Crippen LogP contribution >= 0.6 is 0 Å². The molecule has 2 N–H and O–H groups in total. The summed E-state index contributed by atoms with van der Waals surface area (Å²) in [5.41, 5.74) is 0.0885. The van der Waals surface area contributed by atoms with E-state index in [0.717, 1.165) is 6.07 Å². The third-order valence-corrected chi connectivity index (χ3v) is 2.38. The molecule has 1 aromatic carbocycles. The van der Waals surface area contributed by atoms with E-state index in [-0.39, 0.29) is 18.4 Å². The number of carbonyl (C=O) groups is 1. The Balaban J connectivity index is 2.78. The molecule has 3 nitrogen and oxygen atoms in total. The quantitative estimate of drug-likeness (QED) is 0.834. The Kier molecular flexibility index (Phi) is 3.82. The Hall–Kier alpha value is -1.65. The molecule has 0 fully saturated rings. The number of carboxylic acid groups (broad SMARTS) is 1. The lowest BCUT2D eigenvalue weighted by Crippen LogP contribution is -2.10. The molecule has 5 heteroatoms. The Labute approximate surface area is 91.3 Å². The smallest absolute Gasteiger partial charge is 0.306 e. The van der Waals surface area contributed by atoms with Gasteiger partial charge in [0.25, 0.3) is 0 Å². The number of benzene rings is 1. The highest BCUT2D eigenvalue weighted by Crippen LogP contribution is 2.24. The fourth-order valence-corrected chi connectivity index (χ4v) is 1.31. The fraction of sp³-hybridized carbons (Fsp3) is 0.364. The summed E-state index contributed by atoms with van der Waals surface area (Å²) in [6.45, 7) is 1.50. The Morgan fingerprint density at radius 3 is 2.62 bits per heavy atom. The SMILES string of the molecule is CC(CCc1cc(F)cc(F)c1O)C(=O)O. The molecule has 1 rings (SSSR count). The van der Waals surface area contributed by atoms with E-state index in [1.54, 1.807) is 0 Å². The maximum absolute atomic E-state index is 12.9. The molecule has 88 valence electrons. The maximum Gasteiger partial charge on any atom is 0.306 e. The Morgan fingerprint density at radius 2 is 2.06 bits per heavy atom. The van der Waals surface area contributed by atoms with Gasteiger partial charge < -0.3 is 10.2 Å². The first-order valence-electron chi connectivity index (χ1n) is 4.81. The topological polar surface area (TPSA) is 57.5 Å². The van der Waals surface area contributed by atoms with Gasteiger partial charge in [0, 0.05) is 6.07 Å². The van der Waals surface area contributed by atoms with E-state index in [1.165, 1.54) is 6.92 Å². The molecule has 0 heterocycles. The second kappa shape index (κ2) is 4.92. The lowest BCUT2D eigenvalue weighted by Gasteiger charge is -2.08. The minimum atomic E-state index is -1.03. The standard InChI is InChI=1S/C11H12F2O3/c1-6(11(15)16)2-3-7-4-8(12)5-9(13)10(7)14/h4-6,14H,2-3H2,1H3,(H,15,16). The van der Waals surface area contributed by atoms with Gasteiger partial charge in [-0.1, -0.05) is 6.92 Å². The van der Waals surface area contributed by atoms with E-state index in [4.69, 9.17) is 5.11 Å². The van der Waals surface area contributed by atoms with Gasteiger partial charge >= 0.3 is 5.97 Å². The van der Waals surface area contributed by atoms with E-state index in [9.17, 15) is 18.7 Å². The van der Waals surface area contributed by atoms with Gasteiger partial charge in [0.05, 0.1) is 5.92 Å². The average Bonchev–Trinajstić information content (AvgIpc) is 2.20. The third kappa shape index (κ3) is 2.92. The molecular weight excluding hydrogens is 218 g/mol. The lowest BCUT2D eigenvalue weighted by molar-refractivity contribution is -0.141. The molecule has 1 unspecified atom stereocenters. The van der Waals surface area contributed by atoms with Crippen LogP contribution in [0.1, 0.15) is 18.9 Å². The Bertz CT molecular complexity index is 404. The second-order valence-corrected chi connectivity index (χ2v) is 3.67. The minimum Gasteiger partial charge on any atom is -0.505 e. The van der Waals surface area contributed by atoms with Crippen molar-refractivity contribution in [1.29, 1.82) is 0 Å². The number of hydrogen-bond acceptors (Lipinski definition) is 2. The first-order chi connectivity index (χ1) is 7.41. The van der Waals surface area contributed by atoms with Crippen LogP contribution < -0.4 is 0 Å². The van der Waals surface area contributed by atoms with Crippen molar-refractivity contribution >= 4 is 5.97 Å². The van der Waals surface area contributed by atoms with Crippen LogP contribution in [0.3, 0.4) is 0 Å². The van der Waals surface area contributed by atoms with Gasteiger partial charge in [-0.2, -0.15) is 0 Å². The maximum atomic E-state index is 12.9. The molecule has 0 radical (unpaired) electrons. The van der Waals surface area contributed by atoms with Gasteiger partial charge in [-0.3, -0.25) is 4.79 Å². The number of aliphatic carboxylic acids is 1. The molecule has 0 aliphatic carbocycles. The van der Waals surface area contributed by atoms with Crippen molar-refractivity contribution in [3.63, 3.8) is 0 Å². The summed E-state index contributed by atoms with van der Waals surface area (Å²) in [7, 11) is 0. The van der Waals surface area contributed by atoms with Gasteiger partial charge in [0.2, 0.25) is 0 Å². The number of phenols is 1. The minimum absolute atomic E-state index is 0.0885. The molecule has 0 aliphatic heterocycles. The van der Waals surface area contributed by atoms with Crippen LogP contribution in [-0.4, -0.2) is 16.2 Å². The van der Waals surface area contributed by atoms with Crippen molar-refractivity contribution in [2.24, 2.45) is 5.92 Å². The van der Waals surface area contributed by atoms with Gasteiger partial charge in [-0.25, -0.2) is 8.78 Å². The second-order valence-electron chi connectivity index (χ2n) is 3.67. The Morgan fingerprint density at radius 1 is 1.44 bits per heavy atom. The first-order valence-corrected chi connectivity index (χ1v) is 4.81. The molecule has 0 spiro atoms. The zero-order valence-electron chi connectivity index (χ0n) is 8.70. The zero-order valence-corrected chi connectivity index (χ0v) is 8.70. The molecule has 0 saturated heterocycles. The average molecular weight is 230 g/mol. The number of hydrogen-bond donors (Lipinski definition) is 2. The van der Waals surface area contributed by atoms with Gasteiger partial charge in [-0.15, -0.1) is 0 Å². The van der Waals surface area contributed by atoms with Crippen LogP contribution in [0.2, 0.25) is 0 Å². The zero-order chi connectivity index (χ0) is 12.3. The van der Waals surface area contributed by atoms with Gasteiger partial charge in [0.1, 0.15) is 5.82 Å². The van der Waals surface area contributed by atoms with Crippen molar-refractivity contribution in [2.45, 2.75) is 19.8 Å². The summed E-state index contributed by atoms with van der Waals surface area (Å²) in [6.07, 6.45) is 0.333. The number of halogens is 2. The number of carboxylic acids is 1. The highest BCUT2D eigenvalue weighted by atomic mass is 19.1. The van der Waals surface area contributed by atoms with Crippen molar-refractivity contribution in [1.82, 2.24) is 0 Å². The summed E-state index contributed by atoms with van der Waals surface area (Å²) in [6, 6.07) is 1.59. The van der Waals surface area contributed by atoms with Crippen molar-refractivity contribution in [3.8, 4) is 5.75 Å². The van der Waals surface area contributed by atoms with E-state index < -0.39 is 29.3 Å². The largest absolute Gasteiger partial charge is 0.505 e. The molecule has 0 bridgehead atoms. The highest BCUT2D eigenvalue weighted by molar-refractivity contribution is 5.69. The van der Waals surface area contributed by atoms with Gasteiger partial charge in [-0.05, 0) is 24.5 Å². The van der Waals surface area contributed by atoms with Crippen LogP contribution in [0.15, 0.2) is 12.1 Å². The molecule has 0 aromatic heterocycles. The number of rotatable bonds is 4. The van der Waals surface area contributed by atoms with E-state index in [2.05, 4.69) is 0 Å². The highest BCUT2D eigenvalue weighted by Gasteiger charge is 2.14. The summed E-state index contributed by atoms with van der Waals surface area (Å²) in [5.74, 6) is -4.02. The molecular formula is C11H12F2O3. The monoisotopic (exact) mass is 230 g/mol. The van der Waals surface area contributed by atoms with Crippen LogP contribution in [0.25, 0.3) is 0 Å². The van der Waals surface area contributed by atoms with E-state index in [1.807, 2.05) is 0 Å². The predicted molar refractivity (Wildman–Crippen MR) is 53.1 cm³/mol. The predicted octanol–water partition coefficient (Wildman–Crippen LogP) is 2.32. The van der Waals surface area contributed by atoms with Crippen molar-refractivity contribution in [3.05, 3.63) is 29.3 Å². The summed E-state index contributed by atoms with van der Waals surface area (Å²) in [5, 5.41) is 17.9. The molecule has 0 saturated carbocycles. The molecule has 16 heavy (non-hydrogen) atoms. The van der Waals surface area contributed by atoms with Gasteiger partial charge in [0.15, 0.2) is 11.6 Å². The first kappa shape index (κ1) is 12.4. The molecule has 1 atom stereocenters. The molecule has 0 aliphatic rings. The van der Waals surface area contributed by atoms with Crippen molar-refractivity contribution < 1.29 is 23.8 Å². The number of phenolic OH excluding ortho intramolecular Hbond substituents is 1.